The molecule has 0 amide bonds. The number of methoxy groups -OCH3 is 1. The Hall–Kier alpha value is -1.62. The predicted octanol–water partition coefficient (Wildman–Crippen LogP) is 3.22. The van der Waals surface area contributed by atoms with Crippen molar-refractivity contribution < 1.29 is 9.26 Å². The third-order valence-corrected chi connectivity index (χ3v) is 3.57. The van der Waals surface area contributed by atoms with E-state index in [0.717, 1.165) is 28.3 Å². The first-order valence-corrected chi connectivity index (χ1v) is 6.89. The minimum atomic E-state index is 0.315. The van der Waals surface area contributed by atoms with Gasteiger partial charge in [0.25, 0.3) is 0 Å². The maximum atomic E-state index is 5.57. The van der Waals surface area contributed by atoms with E-state index in [1.165, 1.54) is 5.56 Å². The highest BCUT2D eigenvalue weighted by Gasteiger charge is 2.13. The van der Waals surface area contributed by atoms with E-state index in [0.29, 0.717) is 5.88 Å². The van der Waals surface area contributed by atoms with Gasteiger partial charge >= 0.3 is 0 Å². The Balaban J connectivity index is 2.58. The van der Waals surface area contributed by atoms with Gasteiger partial charge in [-0.05, 0) is 30.4 Å². The van der Waals surface area contributed by atoms with Crippen molar-refractivity contribution in [2.45, 2.75) is 18.2 Å². The van der Waals surface area contributed by atoms with Gasteiger partial charge in [0, 0.05) is 16.5 Å². The van der Waals surface area contributed by atoms with Gasteiger partial charge in [0.05, 0.1) is 7.11 Å². The Kier molecular flexibility index (Phi) is 3.81. The van der Waals surface area contributed by atoms with Crippen molar-refractivity contribution in [3.8, 4) is 17.0 Å². The second-order valence-electron chi connectivity index (χ2n) is 3.83. The van der Waals surface area contributed by atoms with Crippen molar-refractivity contribution in [1.82, 2.24) is 5.16 Å². The average molecular weight is 264 g/mol. The number of hydrogen-bond acceptors (Lipinski definition) is 5. The quantitative estimate of drug-likeness (QED) is 0.859. The molecule has 0 aliphatic rings. The first-order valence-electron chi connectivity index (χ1n) is 5.67. The summed E-state index contributed by atoms with van der Waals surface area (Å²) in [6, 6.07) is 5.84. The Morgan fingerprint density at radius 2 is 2.17 bits per heavy atom. The fraction of sp³-hybridized carbons (Fsp3) is 0.308. The molecular weight excluding hydrogens is 248 g/mol. The van der Waals surface area contributed by atoms with E-state index in [4.69, 9.17) is 15.0 Å². The molecule has 96 valence electrons. The monoisotopic (exact) mass is 264 g/mol. The molecule has 0 fully saturated rings. The van der Waals surface area contributed by atoms with Crippen molar-refractivity contribution in [2.24, 2.45) is 0 Å². The predicted molar refractivity (Wildman–Crippen MR) is 74.1 cm³/mol. The molecule has 0 saturated carbocycles. The zero-order valence-corrected chi connectivity index (χ0v) is 11.5. The van der Waals surface area contributed by atoms with E-state index in [2.05, 4.69) is 18.1 Å². The summed E-state index contributed by atoms with van der Waals surface area (Å²) < 4.78 is 10.3. The molecule has 0 aliphatic heterocycles. The summed E-state index contributed by atoms with van der Waals surface area (Å²) in [5.41, 5.74) is 8.47. The van der Waals surface area contributed by atoms with Crippen LogP contribution in [-0.2, 0) is 6.42 Å². The van der Waals surface area contributed by atoms with Crippen molar-refractivity contribution >= 4 is 17.6 Å². The van der Waals surface area contributed by atoms with Gasteiger partial charge in [0.15, 0.2) is 0 Å². The summed E-state index contributed by atoms with van der Waals surface area (Å²) in [6.07, 6.45) is 2.96. The number of rotatable bonds is 4. The fourth-order valence-corrected chi connectivity index (χ4v) is 2.50. The third-order valence-electron chi connectivity index (χ3n) is 2.79. The first kappa shape index (κ1) is 12.8. The van der Waals surface area contributed by atoms with Gasteiger partial charge in [-0.25, -0.2) is 0 Å². The lowest BCUT2D eigenvalue weighted by atomic mass is 10.1. The van der Waals surface area contributed by atoms with Crippen LogP contribution in [0.1, 0.15) is 12.5 Å². The van der Waals surface area contributed by atoms with Gasteiger partial charge in [0.1, 0.15) is 11.4 Å². The molecule has 4 nitrogen and oxygen atoms in total. The van der Waals surface area contributed by atoms with Crippen LogP contribution in [0.4, 0.5) is 5.88 Å². The largest absolute Gasteiger partial charge is 0.496 e. The molecular formula is C13H16N2O2S. The van der Waals surface area contributed by atoms with E-state index < -0.39 is 0 Å². The number of nitrogen functional groups attached to an aromatic ring is 1. The van der Waals surface area contributed by atoms with Crippen LogP contribution in [0.2, 0.25) is 0 Å². The summed E-state index contributed by atoms with van der Waals surface area (Å²) in [6.45, 7) is 2.11. The standard InChI is InChI=1S/C13H16N2O2S/c1-4-8-5-12(18-3)9(6-11(8)16-2)10-7-13(14)17-15-10/h5-7H,4,14H2,1-3H3. The molecule has 2 rings (SSSR count). The molecule has 0 spiro atoms. The number of benzene rings is 1. The maximum Gasteiger partial charge on any atom is 0.222 e. The molecule has 2 aromatic rings. The first-order chi connectivity index (χ1) is 8.69. The highest BCUT2D eigenvalue weighted by Crippen LogP contribution is 2.36. The Morgan fingerprint density at radius 3 is 2.67 bits per heavy atom. The van der Waals surface area contributed by atoms with E-state index in [1.54, 1.807) is 24.9 Å². The number of thioether (sulfide) groups is 1. The zero-order valence-electron chi connectivity index (χ0n) is 10.7. The molecule has 0 aliphatic carbocycles. The highest BCUT2D eigenvalue weighted by molar-refractivity contribution is 7.98. The number of hydrogen-bond donors (Lipinski definition) is 1. The normalized spacial score (nSPS) is 10.6. The van der Waals surface area contributed by atoms with Crippen molar-refractivity contribution in [3.05, 3.63) is 23.8 Å². The fourth-order valence-electron chi connectivity index (χ4n) is 1.85. The van der Waals surface area contributed by atoms with Gasteiger partial charge in [-0.1, -0.05) is 12.1 Å². The molecule has 1 heterocycles. The number of aryl methyl sites for hydroxylation is 1. The van der Waals surface area contributed by atoms with E-state index >= 15 is 0 Å². The topological polar surface area (TPSA) is 61.3 Å². The number of ether oxygens (including phenoxy) is 1. The van der Waals surface area contributed by atoms with Crippen LogP contribution in [0.5, 0.6) is 5.75 Å². The lowest BCUT2D eigenvalue weighted by Crippen LogP contribution is -1.93. The Morgan fingerprint density at radius 1 is 1.39 bits per heavy atom. The second kappa shape index (κ2) is 5.35. The summed E-state index contributed by atoms with van der Waals surface area (Å²) in [7, 11) is 1.67. The molecule has 18 heavy (non-hydrogen) atoms. The van der Waals surface area contributed by atoms with Gasteiger partial charge < -0.3 is 15.0 Å². The highest BCUT2D eigenvalue weighted by atomic mass is 32.2. The van der Waals surface area contributed by atoms with Gasteiger partial charge in [0.2, 0.25) is 5.88 Å². The molecule has 0 unspecified atom stereocenters. The lowest BCUT2D eigenvalue weighted by molar-refractivity contribution is 0.409. The van der Waals surface area contributed by atoms with Crippen LogP contribution in [0, 0.1) is 0 Å². The molecule has 0 saturated heterocycles. The molecule has 0 atom stereocenters. The van der Waals surface area contributed by atoms with Gasteiger partial charge in [-0.2, -0.15) is 0 Å². The zero-order chi connectivity index (χ0) is 13.1. The molecule has 1 aromatic heterocycles. The van der Waals surface area contributed by atoms with Gasteiger partial charge in [-0.3, -0.25) is 0 Å². The minimum absolute atomic E-state index is 0.315. The van der Waals surface area contributed by atoms with E-state index in [1.807, 2.05) is 12.3 Å². The molecule has 2 N–H and O–H groups in total. The van der Waals surface area contributed by atoms with Crippen molar-refractivity contribution in [3.63, 3.8) is 0 Å². The Bertz CT molecular complexity index is 552. The van der Waals surface area contributed by atoms with Crippen LogP contribution in [0.15, 0.2) is 27.6 Å². The summed E-state index contributed by atoms with van der Waals surface area (Å²) in [5, 5.41) is 3.96. The summed E-state index contributed by atoms with van der Waals surface area (Å²) >= 11 is 1.67. The van der Waals surface area contributed by atoms with E-state index in [9.17, 15) is 0 Å². The van der Waals surface area contributed by atoms with Crippen molar-refractivity contribution in [1.29, 1.82) is 0 Å². The van der Waals surface area contributed by atoms with Crippen LogP contribution < -0.4 is 10.5 Å². The average Bonchev–Trinajstić information content (AvgIpc) is 2.83. The maximum absolute atomic E-state index is 5.57. The molecule has 0 bridgehead atoms. The third kappa shape index (κ3) is 2.31. The summed E-state index contributed by atoms with van der Waals surface area (Å²) in [4.78, 5) is 1.14. The van der Waals surface area contributed by atoms with Gasteiger partial charge in [-0.15, -0.1) is 11.8 Å². The van der Waals surface area contributed by atoms with Crippen LogP contribution in [-0.4, -0.2) is 18.5 Å². The van der Waals surface area contributed by atoms with Crippen molar-refractivity contribution in [2.75, 3.05) is 19.1 Å². The van der Waals surface area contributed by atoms with Crippen LogP contribution in [0.3, 0.4) is 0 Å². The second-order valence-corrected chi connectivity index (χ2v) is 4.68. The molecule has 0 radical (unpaired) electrons. The number of nitrogens with two attached hydrogens (primary N) is 1. The smallest absolute Gasteiger partial charge is 0.222 e. The molecule has 5 heteroatoms. The SMILES string of the molecule is CCc1cc(SC)c(-c2cc(N)on2)cc1OC. The molecule has 1 aromatic carbocycles. The van der Waals surface area contributed by atoms with Crippen LogP contribution in [0.25, 0.3) is 11.3 Å². The lowest BCUT2D eigenvalue weighted by Gasteiger charge is -2.12. The minimum Gasteiger partial charge on any atom is -0.496 e. The summed E-state index contributed by atoms with van der Waals surface area (Å²) in [5.74, 6) is 1.18. The van der Waals surface area contributed by atoms with E-state index in [-0.39, 0.29) is 0 Å². The number of anilines is 1. The number of nitrogens with zero attached hydrogens (tertiary/aromatic N) is 1. The Labute approximate surface area is 110 Å². The van der Waals surface area contributed by atoms with Crippen LogP contribution >= 0.6 is 11.8 Å². The number of aromatic nitrogens is 1.